The molecule has 0 saturated heterocycles. The van der Waals surface area contributed by atoms with Crippen molar-refractivity contribution in [1.29, 1.82) is 0 Å². The van der Waals surface area contributed by atoms with E-state index >= 15 is 0 Å². The molecule has 0 fully saturated rings. The van der Waals surface area contributed by atoms with Crippen LogP contribution < -0.4 is 10.5 Å². The van der Waals surface area contributed by atoms with Crippen molar-refractivity contribution in [2.24, 2.45) is 0 Å². The maximum Gasteiger partial charge on any atom is 0.260 e. The molecule has 0 aliphatic carbocycles. The molecule has 0 radical (unpaired) electrons. The van der Waals surface area contributed by atoms with Gasteiger partial charge in [-0.25, -0.2) is 0 Å². The summed E-state index contributed by atoms with van der Waals surface area (Å²) in [5, 5.41) is 3.87. The Balaban J connectivity index is 1.93. The maximum atomic E-state index is 12.1. The van der Waals surface area contributed by atoms with Gasteiger partial charge in [0.2, 0.25) is 0 Å². The van der Waals surface area contributed by atoms with Crippen molar-refractivity contribution in [3.8, 4) is 5.75 Å². The van der Waals surface area contributed by atoms with Gasteiger partial charge in [-0.3, -0.25) is 4.79 Å². The number of likely N-dealkylation sites (N-methyl/N-ethyl adjacent to an activating group) is 1. The molecule has 0 saturated carbocycles. The first kappa shape index (κ1) is 14.9. The molecular formula is C15H19N3O3. The highest BCUT2D eigenvalue weighted by molar-refractivity contribution is 5.77. The molecule has 1 amide bonds. The Hall–Kier alpha value is -2.50. The average Bonchev–Trinajstić information content (AvgIpc) is 2.78. The Kier molecular flexibility index (Phi) is 4.47. The van der Waals surface area contributed by atoms with Crippen LogP contribution in [0.15, 0.2) is 28.8 Å². The molecule has 0 bridgehead atoms. The van der Waals surface area contributed by atoms with Crippen molar-refractivity contribution in [1.82, 2.24) is 10.1 Å². The summed E-state index contributed by atoms with van der Waals surface area (Å²) in [5.74, 6) is 1.09. The maximum absolute atomic E-state index is 12.1. The molecule has 1 aromatic carbocycles. The number of rotatable bonds is 5. The number of ether oxygens (including phenoxy) is 1. The molecule has 2 aromatic rings. The van der Waals surface area contributed by atoms with Crippen LogP contribution in [0.4, 0.5) is 5.69 Å². The lowest BCUT2D eigenvalue weighted by molar-refractivity contribution is -0.132. The number of anilines is 1. The molecule has 21 heavy (non-hydrogen) atoms. The number of nitrogen functional groups attached to an aromatic ring is 1. The number of para-hydroxylation sites is 2. The number of carbonyl (C=O) groups excluding carboxylic acids is 1. The lowest BCUT2D eigenvalue weighted by Gasteiger charge is -2.17. The summed E-state index contributed by atoms with van der Waals surface area (Å²) >= 11 is 0. The summed E-state index contributed by atoms with van der Waals surface area (Å²) in [7, 11) is 1.71. The van der Waals surface area contributed by atoms with Gasteiger partial charge in [0.1, 0.15) is 11.5 Å². The highest BCUT2D eigenvalue weighted by Crippen LogP contribution is 2.20. The number of aromatic nitrogens is 1. The standard InChI is InChI=1S/C15H19N3O3/c1-10-12(11(2)21-17-10)8-18(3)15(19)9-20-14-7-5-4-6-13(14)16/h4-7H,8-9,16H2,1-3H3. The number of nitrogens with two attached hydrogens (primary N) is 1. The molecule has 0 aliphatic heterocycles. The van der Waals surface area contributed by atoms with E-state index in [-0.39, 0.29) is 12.5 Å². The van der Waals surface area contributed by atoms with Gasteiger partial charge < -0.3 is 19.9 Å². The van der Waals surface area contributed by atoms with E-state index in [2.05, 4.69) is 5.16 Å². The molecule has 6 heteroatoms. The largest absolute Gasteiger partial charge is 0.482 e. The third kappa shape index (κ3) is 3.53. The van der Waals surface area contributed by atoms with Gasteiger partial charge >= 0.3 is 0 Å². The fourth-order valence-corrected chi connectivity index (χ4v) is 1.91. The van der Waals surface area contributed by atoms with Crippen molar-refractivity contribution in [3.63, 3.8) is 0 Å². The van der Waals surface area contributed by atoms with Gasteiger partial charge in [-0.1, -0.05) is 17.3 Å². The molecule has 0 unspecified atom stereocenters. The molecule has 2 N–H and O–H groups in total. The first-order valence-corrected chi connectivity index (χ1v) is 6.62. The van der Waals surface area contributed by atoms with Gasteiger partial charge in [-0.15, -0.1) is 0 Å². The first-order chi connectivity index (χ1) is 9.99. The van der Waals surface area contributed by atoms with E-state index in [4.69, 9.17) is 15.0 Å². The predicted molar refractivity (Wildman–Crippen MR) is 78.8 cm³/mol. The quantitative estimate of drug-likeness (QED) is 0.850. The summed E-state index contributed by atoms with van der Waals surface area (Å²) in [4.78, 5) is 13.7. The fourth-order valence-electron chi connectivity index (χ4n) is 1.91. The Morgan fingerprint density at radius 3 is 2.71 bits per heavy atom. The number of nitrogens with zero attached hydrogens (tertiary/aromatic N) is 2. The minimum atomic E-state index is -0.141. The summed E-state index contributed by atoms with van der Waals surface area (Å²) in [6.45, 7) is 4.06. The van der Waals surface area contributed by atoms with Gasteiger partial charge in [0.05, 0.1) is 17.9 Å². The van der Waals surface area contributed by atoms with Crippen LogP contribution in [-0.4, -0.2) is 29.6 Å². The zero-order valence-electron chi connectivity index (χ0n) is 12.4. The number of amides is 1. The minimum absolute atomic E-state index is 0.0614. The van der Waals surface area contributed by atoms with Crippen LogP contribution >= 0.6 is 0 Å². The van der Waals surface area contributed by atoms with Gasteiger partial charge in [0, 0.05) is 12.6 Å². The van der Waals surface area contributed by atoms with Crippen molar-refractivity contribution in [2.45, 2.75) is 20.4 Å². The van der Waals surface area contributed by atoms with Crippen molar-refractivity contribution in [2.75, 3.05) is 19.4 Å². The highest BCUT2D eigenvalue weighted by atomic mass is 16.5. The number of carbonyl (C=O) groups is 1. The van der Waals surface area contributed by atoms with Crippen molar-refractivity contribution in [3.05, 3.63) is 41.3 Å². The van der Waals surface area contributed by atoms with Crippen LogP contribution in [0.25, 0.3) is 0 Å². The van der Waals surface area contributed by atoms with Crippen molar-refractivity contribution >= 4 is 11.6 Å². The summed E-state index contributed by atoms with van der Waals surface area (Å²) in [5.41, 5.74) is 7.99. The van der Waals surface area contributed by atoms with Gasteiger partial charge in [0.15, 0.2) is 6.61 Å². The molecular weight excluding hydrogens is 270 g/mol. The smallest absolute Gasteiger partial charge is 0.260 e. The molecule has 1 heterocycles. The van der Waals surface area contributed by atoms with E-state index in [0.717, 1.165) is 17.0 Å². The van der Waals surface area contributed by atoms with Crippen LogP contribution in [0.2, 0.25) is 0 Å². The van der Waals surface area contributed by atoms with Crippen molar-refractivity contribution < 1.29 is 14.1 Å². The predicted octanol–water partition coefficient (Wildman–Crippen LogP) is 1.91. The topological polar surface area (TPSA) is 81.6 Å². The molecule has 0 aliphatic rings. The summed E-state index contributed by atoms with van der Waals surface area (Å²) < 4.78 is 10.5. The van der Waals surface area contributed by atoms with E-state index in [1.165, 1.54) is 0 Å². The minimum Gasteiger partial charge on any atom is -0.482 e. The number of benzene rings is 1. The Labute approximate surface area is 123 Å². The highest BCUT2D eigenvalue weighted by Gasteiger charge is 2.16. The van der Waals surface area contributed by atoms with Crippen LogP contribution in [0, 0.1) is 13.8 Å². The fraction of sp³-hybridized carbons (Fsp3) is 0.333. The third-order valence-electron chi connectivity index (χ3n) is 3.27. The van der Waals surface area contributed by atoms with E-state index in [9.17, 15) is 4.79 Å². The zero-order valence-corrected chi connectivity index (χ0v) is 12.4. The second kappa shape index (κ2) is 6.30. The zero-order chi connectivity index (χ0) is 15.4. The second-order valence-corrected chi connectivity index (χ2v) is 4.88. The van der Waals surface area contributed by atoms with E-state index in [0.29, 0.717) is 18.0 Å². The normalized spacial score (nSPS) is 10.4. The third-order valence-corrected chi connectivity index (χ3v) is 3.27. The average molecular weight is 289 g/mol. The van der Waals surface area contributed by atoms with Gasteiger partial charge in [-0.05, 0) is 26.0 Å². The van der Waals surface area contributed by atoms with Crippen LogP contribution in [0.3, 0.4) is 0 Å². The summed E-state index contributed by atoms with van der Waals surface area (Å²) in [6, 6.07) is 7.08. The molecule has 2 rings (SSSR count). The van der Waals surface area contributed by atoms with Gasteiger partial charge in [-0.2, -0.15) is 0 Å². The number of hydrogen-bond donors (Lipinski definition) is 1. The first-order valence-electron chi connectivity index (χ1n) is 6.62. The van der Waals surface area contributed by atoms with Crippen LogP contribution in [0.5, 0.6) is 5.75 Å². The van der Waals surface area contributed by atoms with E-state index < -0.39 is 0 Å². The van der Waals surface area contributed by atoms with E-state index in [1.54, 1.807) is 24.1 Å². The molecule has 112 valence electrons. The Morgan fingerprint density at radius 1 is 1.38 bits per heavy atom. The molecule has 0 atom stereocenters. The monoisotopic (exact) mass is 289 g/mol. The Morgan fingerprint density at radius 2 is 2.10 bits per heavy atom. The second-order valence-electron chi connectivity index (χ2n) is 4.88. The summed E-state index contributed by atoms with van der Waals surface area (Å²) in [6.07, 6.45) is 0. The molecule has 6 nitrogen and oxygen atoms in total. The number of hydrogen-bond acceptors (Lipinski definition) is 5. The van der Waals surface area contributed by atoms with Gasteiger partial charge in [0.25, 0.3) is 5.91 Å². The van der Waals surface area contributed by atoms with Crippen LogP contribution in [-0.2, 0) is 11.3 Å². The lowest BCUT2D eigenvalue weighted by atomic mass is 10.2. The van der Waals surface area contributed by atoms with Crippen LogP contribution in [0.1, 0.15) is 17.0 Å². The SMILES string of the molecule is Cc1noc(C)c1CN(C)C(=O)COc1ccccc1N. The lowest BCUT2D eigenvalue weighted by Crippen LogP contribution is -2.31. The number of aryl methyl sites for hydroxylation is 2. The van der Waals surface area contributed by atoms with E-state index in [1.807, 2.05) is 26.0 Å². The molecule has 1 aromatic heterocycles. The Bertz CT molecular complexity index is 617. The molecule has 0 spiro atoms.